The number of piperazine rings is 1. The van der Waals surface area contributed by atoms with Crippen LogP contribution in [-0.4, -0.2) is 53.7 Å². The lowest BCUT2D eigenvalue weighted by Crippen LogP contribution is -2.56. The Kier molecular flexibility index (Phi) is 5.38. The molecule has 0 saturated carbocycles. The molecule has 1 fully saturated rings. The van der Waals surface area contributed by atoms with Crippen LogP contribution in [0.25, 0.3) is 0 Å². The van der Waals surface area contributed by atoms with Gasteiger partial charge in [0.05, 0.1) is 0 Å². The highest BCUT2D eigenvalue weighted by Gasteiger charge is 2.32. The van der Waals surface area contributed by atoms with Gasteiger partial charge in [0.25, 0.3) is 0 Å². The number of amides is 3. The van der Waals surface area contributed by atoms with Gasteiger partial charge in [0.2, 0.25) is 5.91 Å². The molecule has 0 unspecified atom stereocenters. The highest BCUT2D eigenvalue weighted by Crippen LogP contribution is 2.14. The van der Waals surface area contributed by atoms with Crippen LogP contribution in [0.5, 0.6) is 0 Å². The molecule has 22 heavy (non-hydrogen) atoms. The molecule has 2 rings (SSSR count). The summed E-state index contributed by atoms with van der Waals surface area (Å²) in [5, 5.41) is 3.28. The lowest BCUT2D eigenvalue weighted by molar-refractivity contribution is -0.156. The van der Waals surface area contributed by atoms with Gasteiger partial charge in [-0.15, -0.1) is 0 Å². The number of carbonyl (C=O) groups is 3. The number of benzene rings is 1. The molecule has 1 heterocycles. The van der Waals surface area contributed by atoms with Crippen molar-refractivity contribution in [2.24, 2.45) is 0 Å². The molecule has 6 nitrogen and oxygen atoms in total. The van der Waals surface area contributed by atoms with Gasteiger partial charge < -0.3 is 15.1 Å². The van der Waals surface area contributed by atoms with Crippen LogP contribution in [0.1, 0.15) is 12.5 Å². The molecule has 1 saturated heterocycles. The van der Waals surface area contributed by atoms with Gasteiger partial charge in [0, 0.05) is 31.2 Å². The summed E-state index contributed by atoms with van der Waals surface area (Å²) in [4.78, 5) is 38.3. The first-order valence-electron chi connectivity index (χ1n) is 7.11. The highest BCUT2D eigenvalue weighted by atomic mass is 35.5. The van der Waals surface area contributed by atoms with Crippen molar-refractivity contribution in [1.82, 2.24) is 15.1 Å². The summed E-state index contributed by atoms with van der Waals surface area (Å²) < 4.78 is 0. The predicted molar refractivity (Wildman–Crippen MR) is 82.1 cm³/mol. The second kappa shape index (κ2) is 7.26. The second-order valence-corrected chi connectivity index (χ2v) is 5.39. The van der Waals surface area contributed by atoms with Crippen molar-refractivity contribution < 1.29 is 14.4 Å². The molecule has 0 spiro atoms. The number of nitrogens with one attached hydrogen (secondary N) is 1. The summed E-state index contributed by atoms with van der Waals surface area (Å²) in [5.41, 5.74) is 0.802. The number of carbonyl (C=O) groups excluding carboxylic acids is 3. The molecule has 1 aliphatic rings. The van der Waals surface area contributed by atoms with Crippen LogP contribution >= 0.6 is 11.6 Å². The summed E-state index contributed by atoms with van der Waals surface area (Å²) in [6.45, 7) is 3.31. The molecule has 1 aliphatic heterocycles. The first kappa shape index (κ1) is 16.3. The maximum atomic E-state index is 11.9. The Morgan fingerprint density at radius 1 is 1.18 bits per heavy atom. The fourth-order valence-electron chi connectivity index (χ4n) is 2.23. The van der Waals surface area contributed by atoms with Crippen molar-refractivity contribution in [3.05, 3.63) is 34.9 Å². The van der Waals surface area contributed by atoms with Crippen LogP contribution in [0.15, 0.2) is 24.3 Å². The smallest absolute Gasteiger partial charge is 0.312 e. The zero-order valence-corrected chi connectivity index (χ0v) is 13.1. The minimum absolute atomic E-state index is 0.118. The van der Waals surface area contributed by atoms with Crippen LogP contribution in [0.2, 0.25) is 5.02 Å². The molecule has 1 aromatic rings. The maximum Gasteiger partial charge on any atom is 0.312 e. The van der Waals surface area contributed by atoms with E-state index in [1.54, 1.807) is 6.07 Å². The van der Waals surface area contributed by atoms with E-state index in [9.17, 15) is 14.4 Å². The van der Waals surface area contributed by atoms with Gasteiger partial charge >= 0.3 is 11.8 Å². The van der Waals surface area contributed by atoms with Crippen molar-refractivity contribution in [1.29, 1.82) is 0 Å². The number of nitrogens with zero attached hydrogens (tertiary/aromatic N) is 2. The third kappa shape index (κ3) is 3.76. The van der Waals surface area contributed by atoms with E-state index >= 15 is 0 Å². The van der Waals surface area contributed by atoms with Crippen LogP contribution in [0.4, 0.5) is 0 Å². The van der Waals surface area contributed by atoms with Crippen LogP contribution in [0, 0.1) is 0 Å². The topological polar surface area (TPSA) is 69.7 Å². The lowest BCUT2D eigenvalue weighted by Gasteiger charge is -2.32. The largest absolute Gasteiger partial charge is 0.350 e. The zero-order valence-electron chi connectivity index (χ0n) is 12.3. The average molecular weight is 324 g/mol. The van der Waals surface area contributed by atoms with E-state index in [-0.39, 0.29) is 19.0 Å². The van der Waals surface area contributed by atoms with Crippen LogP contribution in [0.3, 0.4) is 0 Å². The lowest BCUT2D eigenvalue weighted by atomic mass is 10.2. The van der Waals surface area contributed by atoms with E-state index in [4.69, 9.17) is 11.6 Å². The molecule has 0 aromatic heterocycles. The van der Waals surface area contributed by atoms with Crippen molar-refractivity contribution >= 4 is 29.3 Å². The molecule has 0 atom stereocenters. The van der Waals surface area contributed by atoms with Gasteiger partial charge in [-0.2, -0.15) is 0 Å². The molecule has 0 aliphatic carbocycles. The summed E-state index contributed by atoms with van der Waals surface area (Å²) >= 11 is 6.01. The predicted octanol–water partition coefficient (Wildman–Crippen LogP) is 0.647. The maximum absolute atomic E-state index is 11.9. The summed E-state index contributed by atoms with van der Waals surface area (Å²) in [5.74, 6) is -1.49. The van der Waals surface area contributed by atoms with Crippen molar-refractivity contribution in [3.8, 4) is 0 Å². The quantitative estimate of drug-likeness (QED) is 0.809. The molecule has 1 N–H and O–H groups in total. The number of rotatable bonds is 5. The fraction of sp³-hybridized carbons (Fsp3) is 0.400. The van der Waals surface area contributed by atoms with Gasteiger partial charge in [0.15, 0.2) is 0 Å². The Hall–Kier alpha value is -2.08. The van der Waals surface area contributed by atoms with Gasteiger partial charge in [-0.05, 0) is 18.6 Å². The number of hydrogen-bond acceptors (Lipinski definition) is 3. The molecular weight excluding hydrogens is 306 g/mol. The van der Waals surface area contributed by atoms with Crippen molar-refractivity contribution in [2.45, 2.75) is 13.5 Å². The minimum atomic E-state index is -0.624. The first-order chi connectivity index (χ1) is 10.5. The third-order valence-electron chi connectivity index (χ3n) is 3.55. The van der Waals surface area contributed by atoms with E-state index < -0.39 is 11.8 Å². The van der Waals surface area contributed by atoms with Crippen LogP contribution < -0.4 is 5.32 Å². The van der Waals surface area contributed by atoms with Gasteiger partial charge in [-0.1, -0.05) is 29.8 Å². The average Bonchev–Trinajstić information content (AvgIpc) is 2.51. The number of halogens is 1. The van der Waals surface area contributed by atoms with Crippen molar-refractivity contribution in [3.63, 3.8) is 0 Å². The highest BCUT2D eigenvalue weighted by molar-refractivity contribution is 6.35. The van der Waals surface area contributed by atoms with Crippen molar-refractivity contribution in [2.75, 3.05) is 26.2 Å². The standard InChI is InChI=1S/C15H18ClN3O3/c1-2-18-7-8-19(15(22)14(18)21)10-13(20)17-9-11-5-3-4-6-12(11)16/h3-6H,2,7-10H2,1H3,(H,17,20). The Morgan fingerprint density at radius 2 is 1.82 bits per heavy atom. The SMILES string of the molecule is CCN1CCN(CC(=O)NCc2ccccc2Cl)C(=O)C1=O. The molecule has 3 amide bonds. The first-order valence-corrected chi connectivity index (χ1v) is 7.49. The fourth-order valence-corrected chi connectivity index (χ4v) is 2.43. The van der Waals surface area contributed by atoms with Gasteiger partial charge in [0.1, 0.15) is 6.54 Å². The second-order valence-electron chi connectivity index (χ2n) is 4.98. The van der Waals surface area contributed by atoms with Gasteiger partial charge in [-0.25, -0.2) is 0 Å². The zero-order chi connectivity index (χ0) is 16.1. The van der Waals surface area contributed by atoms with E-state index in [0.717, 1.165) is 5.56 Å². The Labute approximate surface area is 134 Å². The van der Waals surface area contributed by atoms with E-state index in [1.165, 1.54) is 9.80 Å². The number of hydrogen-bond donors (Lipinski definition) is 1. The Morgan fingerprint density at radius 3 is 2.50 bits per heavy atom. The summed E-state index contributed by atoms with van der Waals surface area (Å²) in [7, 11) is 0. The van der Waals surface area contributed by atoms with E-state index in [0.29, 0.717) is 24.7 Å². The molecule has 1 aromatic carbocycles. The summed E-state index contributed by atoms with van der Waals surface area (Å²) in [6, 6.07) is 7.21. The number of likely N-dealkylation sites (N-methyl/N-ethyl adjacent to an activating group) is 1. The Balaban J connectivity index is 1.86. The minimum Gasteiger partial charge on any atom is -0.350 e. The Bertz CT molecular complexity index is 591. The monoisotopic (exact) mass is 323 g/mol. The molecule has 7 heteroatoms. The normalized spacial score (nSPS) is 15.2. The molecule has 0 radical (unpaired) electrons. The van der Waals surface area contributed by atoms with E-state index in [2.05, 4.69) is 5.32 Å². The summed E-state index contributed by atoms with van der Waals surface area (Å²) in [6.07, 6.45) is 0. The van der Waals surface area contributed by atoms with E-state index in [1.807, 2.05) is 25.1 Å². The van der Waals surface area contributed by atoms with Crippen LogP contribution in [-0.2, 0) is 20.9 Å². The third-order valence-corrected chi connectivity index (χ3v) is 3.92. The molecule has 0 bridgehead atoms. The molecular formula is C15H18ClN3O3. The molecule has 118 valence electrons. The van der Waals surface area contributed by atoms with Gasteiger partial charge in [-0.3, -0.25) is 14.4 Å².